The van der Waals surface area contributed by atoms with Crippen LogP contribution in [0.4, 0.5) is 10.2 Å². The average molecular weight is 255 g/mol. The highest BCUT2D eigenvalue weighted by molar-refractivity contribution is 5.70. The van der Waals surface area contributed by atoms with Crippen LogP contribution in [0.5, 0.6) is 0 Å². The van der Waals surface area contributed by atoms with Crippen molar-refractivity contribution in [2.24, 2.45) is 0 Å². The largest absolute Gasteiger partial charge is 0.382 e. The number of aromatic nitrogens is 4. The van der Waals surface area contributed by atoms with Crippen LogP contribution in [0.3, 0.4) is 0 Å². The van der Waals surface area contributed by atoms with E-state index in [1.165, 1.54) is 10.7 Å². The summed E-state index contributed by atoms with van der Waals surface area (Å²) in [4.78, 5) is 3.92. The van der Waals surface area contributed by atoms with Crippen molar-refractivity contribution < 1.29 is 4.39 Å². The normalized spacial score (nSPS) is 10.6. The second kappa shape index (κ2) is 4.49. The number of pyridine rings is 1. The minimum Gasteiger partial charge on any atom is -0.382 e. The molecule has 2 N–H and O–H groups in total. The fourth-order valence-electron chi connectivity index (χ4n) is 1.81. The number of nitrogen functional groups attached to an aromatic ring is 1. The lowest BCUT2D eigenvalue weighted by Gasteiger charge is -2.04. The van der Waals surface area contributed by atoms with Crippen molar-refractivity contribution >= 4 is 5.82 Å². The predicted molar refractivity (Wildman–Crippen MR) is 69.0 cm³/mol. The van der Waals surface area contributed by atoms with E-state index in [9.17, 15) is 4.39 Å². The van der Waals surface area contributed by atoms with Gasteiger partial charge in [0.15, 0.2) is 5.82 Å². The lowest BCUT2D eigenvalue weighted by Crippen LogP contribution is -2.04. The van der Waals surface area contributed by atoms with Gasteiger partial charge in [0.2, 0.25) is 0 Å². The van der Waals surface area contributed by atoms with Gasteiger partial charge in [0.05, 0.1) is 0 Å². The lowest BCUT2D eigenvalue weighted by atomic mass is 10.2. The van der Waals surface area contributed by atoms with E-state index in [2.05, 4.69) is 15.3 Å². The average Bonchev–Trinajstić information content (AvgIpc) is 2.82. The Morgan fingerprint density at radius 2 is 1.79 bits per heavy atom. The van der Waals surface area contributed by atoms with E-state index in [-0.39, 0.29) is 11.5 Å². The van der Waals surface area contributed by atoms with Crippen LogP contribution in [0.1, 0.15) is 0 Å². The van der Waals surface area contributed by atoms with Crippen LogP contribution in [-0.4, -0.2) is 20.0 Å². The fraction of sp³-hybridized carbons (Fsp3) is 0. The standard InChI is InChI=1S/C13H10FN5/c14-10-3-1-2-4-11(10)19-13(15)12(17-18-19)9-5-7-16-8-6-9/h1-8H,15H2. The second-order valence-electron chi connectivity index (χ2n) is 3.92. The molecule has 0 unspecified atom stereocenters. The SMILES string of the molecule is Nc1c(-c2ccncc2)nnn1-c1ccccc1F. The van der Waals surface area contributed by atoms with Gasteiger partial charge >= 0.3 is 0 Å². The van der Waals surface area contributed by atoms with E-state index in [0.29, 0.717) is 5.69 Å². The summed E-state index contributed by atoms with van der Waals surface area (Å²) in [5.74, 6) is -0.114. The van der Waals surface area contributed by atoms with Crippen LogP contribution in [0.25, 0.3) is 16.9 Å². The minimum absolute atomic E-state index is 0.271. The Morgan fingerprint density at radius 1 is 1.05 bits per heavy atom. The van der Waals surface area contributed by atoms with Gasteiger partial charge in [0.1, 0.15) is 17.2 Å². The van der Waals surface area contributed by atoms with Gasteiger partial charge in [0, 0.05) is 18.0 Å². The van der Waals surface area contributed by atoms with Crippen LogP contribution in [0.15, 0.2) is 48.8 Å². The van der Waals surface area contributed by atoms with Gasteiger partial charge in [-0.15, -0.1) is 5.10 Å². The maximum absolute atomic E-state index is 13.7. The maximum atomic E-state index is 13.7. The third-order valence-electron chi connectivity index (χ3n) is 2.74. The van der Waals surface area contributed by atoms with E-state index in [0.717, 1.165) is 5.56 Å². The molecule has 0 amide bonds. The van der Waals surface area contributed by atoms with Gasteiger partial charge in [0.25, 0.3) is 0 Å². The van der Waals surface area contributed by atoms with Crippen LogP contribution in [0.2, 0.25) is 0 Å². The Bertz CT molecular complexity index is 708. The Balaban J connectivity index is 2.12. The van der Waals surface area contributed by atoms with E-state index >= 15 is 0 Å². The van der Waals surface area contributed by atoms with Gasteiger partial charge in [-0.1, -0.05) is 17.3 Å². The first kappa shape index (κ1) is 11.3. The summed E-state index contributed by atoms with van der Waals surface area (Å²) in [5, 5.41) is 7.90. The number of halogens is 1. The molecule has 0 bridgehead atoms. The van der Waals surface area contributed by atoms with Gasteiger partial charge in [-0.3, -0.25) is 4.98 Å². The number of nitrogens with zero attached hydrogens (tertiary/aromatic N) is 4. The van der Waals surface area contributed by atoms with Crippen molar-refractivity contribution in [2.75, 3.05) is 5.73 Å². The summed E-state index contributed by atoms with van der Waals surface area (Å²) in [6.45, 7) is 0. The summed E-state index contributed by atoms with van der Waals surface area (Å²) in [5.41, 5.74) is 7.55. The molecule has 3 aromatic rings. The van der Waals surface area contributed by atoms with Crippen molar-refractivity contribution in [3.05, 3.63) is 54.6 Å². The first-order valence-electron chi connectivity index (χ1n) is 5.64. The number of anilines is 1. The molecule has 0 saturated heterocycles. The van der Waals surface area contributed by atoms with Crippen LogP contribution < -0.4 is 5.73 Å². The molecule has 94 valence electrons. The van der Waals surface area contributed by atoms with E-state index < -0.39 is 5.82 Å². The summed E-state index contributed by atoms with van der Waals surface area (Å²) in [6.07, 6.45) is 3.27. The number of para-hydroxylation sites is 1. The first-order chi connectivity index (χ1) is 9.27. The van der Waals surface area contributed by atoms with E-state index in [1.54, 1.807) is 42.7 Å². The molecule has 3 rings (SSSR count). The Hall–Kier alpha value is -2.76. The van der Waals surface area contributed by atoms with Crippen molar-refractivity contribution in [3.8, 4) is 16.9 Å². The van der Waals surface area contributed by atoms with Crippen molar-refractivity contribution in [2.45, 2.75) is 0 Å². The highest BCUT2D eigenvalue weighted by atomic mass is 19.1. The van der Waals surface area contributed by atoms with E-state index in [1.807, 2.05) is 0 Å². The topological polar surface area (TPSA) is 69.6 Å². The molecule has 0 saturated carbocycles. The minimum atomic E-state index is -0.402. The molecule has 2 aromatic heterocycles. The smallest absolute Gasteiger partial charge is 0.156 e. The second-order valence-corrected chi connectivity index (χ2v) is 3.92. The molecule has 0 spiro atoms. The maximum Gasteiger partial charge on any atom is 0.156 e. The number of nitrogens with two attached hydrogens (primary N) is 1. The molecule has 0 aliphatic heterocycles. The Morgan fingerprint density at radius 3 is 2.53 bits per heavy atom. The summed E-state index contributed by atoms with van der Waals surface area (Å²) in [6, 6.07) is 9.80. The number of hydrogen-bond donors (Lipinski definition) is 1. The van der Waals surface area contributed by atoms with Crippen molar-refractivity contribution in [1.82, 2.24) is 20.0 Å². The third-order valence-corrected chi connectivity index (χ3v) is 2.74. The van der Waals surface area contributed by atoms with Crippen molar-refractivity contribution in [3.63, 3.8) is 0 Å². The summed E-state index contributed by atoms with van der Waals surface area (Å²) >= 11 is 0. The summed E-state index contributed by atoms with van der Waals surface area (Å²) in [7, 11) is 0. The Labute approximate surface area is 108 Å². The zero-order valence-corrected chi connectivity index (χ0v) is 9.86. The van der Waals surface area contributed by atoms with Gasteiger partial charge in [-0.25, -0.2) is 4.39 Å². The Kier molecular flexibility index (Phi) is 2.68. The number of hydrogen-bond acceptors (Lipinski definition) is 4. The highest BCUT2D eigenvalue weighted by Crippen LogP contribution is 2.25. The monoisotopic (exact) mass is 255 g/mol. The highest BCUT2D eigenvalue weighted by Gasteiger charge is 2.14. The van der Waals surface area contributed by atoms with Crippen molar-refractivity contribution in [1.29, 1.82) is 0 Å². The molecular formula is C13H10FN5. The third kappa shape index (κ3) is 1.93. The molecule has 5 nitrogen and oxygen atoms in total. The molecule has 1 aromatic carbocycles. The molecule has 0 fully saturated rings. The van der Waals surface area contributed by atoms with Crippen LogP contribution >= 0.6 is 0 Å². The fourth-order valence-corrected chi connectivity index (χ4v) is 1.81. The molecule has 0 aliphatic rings. The zero-order valence-electron chi connectivity index (χ0n) is 9.86. The van der Waals surface area contributed by atoms with E-state index in [4.69, 9.17) is 5.73 Å². The number of benzene rings is 1. The molecule has 0 atom stereocenters. The van der Waals surface area contributed by atoms with Crippen LogP contribution in [0, 0.1) is 5.82 Å². The molecule has 6 heteroatoms. The first-order valence-corrected chi connectivity index (χ1v) is 5.64. The van der Waals surface area contributed by atoms with Gasteiger partial charge in [-0.2, -0.15) is 4.68 Å². The quantitative estimate of drug-likeness (QED) is 0.760. The number of rotatable bonds is 2. The molecular weight excluding hydrogens is 245 g/mol. The zero-order chi connectivity index (χ0) is 13.2. The van der Waals surface area contributed by atoms with Gasteiger partial charge in [-0.05, 0) is 24.3 Å². The molecule has 2 heterocycles. The lowest BCUT2D eigenvalue weighted by molar-refractivity contribution is 0.608. The van der Waals surface area contributed by atoms with Gasteiger partial charge < -0.3 is 5.73 Å². The molecule has 0 aliphatic carbocycles. The molecule has 19 heavy (non-hydrogen) atoms. The van der Waals surface area contributed by atoms with Crippen LogP contribution in [-0.2, 0) is 0 Å². The predicted octanol–water partition coefficient (Wildman–Crippen LogP) is 2.05. The summed E-state index contributed by atoms with van der Waals surface area (Å²) < 4.78 is 15.0. The molecule has 0 radical (unpaired) electrons.